The molecule has 100 valence electrons. The van der Waals surface area contributed by atoms with Gasteiger partial charge in [0.2, 0.25) is 0 Å². The molecule has 0 aliphatic heterocycles. The fourth-order valence-corrected chi connectivity index (χ4v) is 2.19. The molecule has 4 nitrogen and oxygen atoms in total. The van der Waals surface area contributed by atoms with E-state index >= 15 is 0 Å². The molecule has 1 aromatic heterocycles. The number of aromatic nitrogens is 2. The number of aryl methyl sites for hydroxylation is 3. The van der Waals surface area contributed by atoms with Crippen molar-refractivity contribution in [2.45, 2.75) is 27.3 Å². The minimum Gasteiger partial charge on any atom is -0.464 e. The van der Waals surface area contributed by atoms with Crippen molar-refractivity contribution >= 4 is 5.97 Å². The maximum absolute atomic E-state index is 11.7. The van der Waals surface area contributed by atoms with Gasteiger partial charge >= 0.3 is 5.97 Å². The zero-order valence-electron chi connectivity index (χ0n) is 11.7. The first-order valence-electron chi connectivity index (χ1n) is 6.20. The van der Waals surface area contributed by atoms with Gasteiger partial charge in [0.15, 0.2) is 0 Å². The third-order valence-corrected chi connectivity index (χ3v) is 3.41. The summed E-state index contributed by atoms with van der Waals surface area (Å²) in [5.41, 5.74) is 4.13. The van der Waals surface area contributed by atoms with Gasteiger partial charge in [0.05, 0.1) is 19.9 Å². The summed E-state index contributed by atoms with van der Waals surface area (Å²) in [6.07, 6.45) is 1.56. The summed E-state index contributed by atoms with van der Waals surface area (Å²) in [7, 11) is 1.38. The molecule has 0 aliphatic rings. The lowest BCUT2D eigenvalue weighted by molar-refractivity contribution is 0.0588. The lowest BCUT2D eigenvalue weighted by Crippen LogP contribution is -2.13. The van der Waals surface area contributed by atoms with E-state index in [2.05, 4.69) is 31.0 Å². The van der Waals surface area contributed by atoms with Crippen molar-refractivity contribution in [2.75, 3.05) is 7.11 Å². The molecular formula is C15H18N2O2. The lowest BCUT2D eigenvalue weighted by atomic mass is 10.0. The Balaban J connectivity index is 2.44. The van der Waals surface area contributed by atoms with E-state index < -0.39 is 0 Å². The van der Waals surface area contributed by atoms with Crippen LogP contribution in [0.4, 0.5) is 0 Å². The van der Waals surface area contributed by atoms with Gasteiger partial charge < -0.3 is 9.30 Å². The van der Waals surface area contributed by atoms with Crippen LogP contribution in [0, 0.1) is 20.8 Å². The quantitative estimate of drug-likeness (QED) is 0.795. The second-order valence-electron chi connectivity index (χ2n) is 4.64. The third kappa shape index (κ3) is 2.52. The van der Waals surface area contributed by atoms with Crippen LogP contribution < -0.4 is 0 Å². The lowest BCUT2D eigenvalue weighted by Gasteiger charge is -2.13. The van der Waals surface area contributed by atoms with Crippen LogP contribution in [0.15, 0.2) is 24.4 Å². The van der Waals surface area contributed by atoms with E-state index in [0.29, 0.717) is 12.2 Å². The van der Waals surface area contributed by atoms with Crippen molar-refractivity contribution in [1.82, 2.24) is 9.55 Å². The minimum absolute atomic E-state index is 0.355. The molecular weight excluding hydrogens is 240 g/mol. The second kappa shape index (κ2) is 5.26. The molecule has 0 fully saturated rings. The molecule has 1 aromatic carbocycles. The molecule has 0 amide bonds. The largest absolute Gasteiger partial charge is 0.464 e. The predicted molar refractivity (Wildman–Crippen MR) is 73.3 cm³/mol. The molecule has 0 spiro atoms. The number of nitrogens with zero attached hydrogens (tertiary/aromatic N) is 2. The fraction of sp³-hybridized carbons (Fsp3) is 0.333. The highest BCUT2D eigenvalue weighted by atomic mass is 16.5. The van der Waals surface area contributed by atoms with E-state index in [0.717, 1.165) is 5.82 Å². The molecule has 1 heterocycles. The minimum atomic E-state index is -0.355. The molecule has 0 N–H and O–H groups in total. The number of rotatable bonds is 3. The van der Waals surface area contributed by atoms with Gasteiger partial charge in [-0.1, -0.05) is 18.2 Å². The van der Waals surface area contributed by atoms with E-state index in [1.165, 1.54) is 23.8 Å². The molecule has 0 saturated carbocycles. The molecule has 2 rings (SSSR count). The van der Waals surface area contributed by atoms with Gasteiger partial charge in [-0.2, -0.15) is 0 Å². The van der Waals surface area contributed by atoms with E-state index in [-0.39, 0.29) is 5.97 Å². The summed E-state index contributed by atoms with van der Waals surface area (Å²) in [4.78, 5) is 15.9. The molecule has 0 atom stereocenters. The van der Waals surface area contributed by atoms with Gasteiger partial charge in [-0.05, 0) is 37.5 Å². The van der Waals surface area contributed by atoms with Crippen molar-refractivity contribution < 1.29 is 9.53 Å². The van der Waals surface area contributed by atoms with Crippen LogP contribution in [-0.2, 0) is 11.3 Å². The number of imidazole rings is 1. The van der Waals surface area contributed by atoms with Crippen LogP contribution in [-0.4, -0.2) is 22.6 Å². The molecule has 0 aliphatic carbocycles. The summed E-state index contributed by atoms with van der Waals surface area (Å²) >= 11 is 0. The van der Waals surface area contributed by atoms with Crippen LogP contribution in [0.2, 0.25) is 0 Å². The standard InChI is InChI=1S/C15H18N2O2/c1-10-6-5-7-11(2)13(10)9-17-12(3)16-8-14(17)15(18)19-4/h5-8H,9H2,1-4H3. The predicted octanol–water partition coefficient (Wildman–Crippen LogP) is 2.64. The average molecular weight is 258 g/mol. The summed E-state index contributed by atoms with van der Waals surface area (Å²) < 4.78 is 6.68. The highest BCUT2D eigenvalue weighted by Gasteiger charge is 2.16. The zero-order chi connectivity index (χ0) is 14.0. The SMILES string of the molecule is COC(=O)c1cnc(C)n1Cc1c(C)cccc1C. The second-order valence-corrected chi connectivity index (χ2v) is 4.64. The number of hydrogen-bond donors (Lipinski definition) is 0. The van der Waals surface area contributed by atoms with Gasteiger partial charge in [-0.3, -0.25) is 0 Å². The maximum Gasteiger partial charge on any atom is 0.356 e. The van der Waals surface area contributed by atoms with Crippen molar-refractivity contribution in [3.05, 3.63) is 52.6 Å². The van der Waals surface area contributed by atoms with E-state index in [4.69, 9.17) is 4.74 Å². The van der Waals surface area contributed by atoms with Crippen LogP contribution in [0.1, 0.15) is 33.0 Å². The average Bonchev–Trinajstić information content (AvgIpc) is 2.74. The van der Waals surface area contributed by atoms with Gasteiger partial charge in [0.1, 0.15) is 11.5 Å². The first-order valence-corrected chi connectivity index (χ1v) is 6.20. The first kappa shape index (κ1) is 13.3. The molecule has 2 aromatic rings. The van der Waals surface area contributed by atoms with Crippen LogP contribution in [0.5, 0.6) is 0 Å². The molecule has 19 heavy (non-hydrogen) atoms. The number of methoxy groups -OCH3 is 1. The Morgan fingerprint density at radius 3 is 2.47 bits per heavy atom. The molecule has 0 bridgehead atoms. The number of ether oxygens (including phenoxy) is 1. The summed E-state index contributed by atoms with van der Waals surface area (Å²) in [6.45, 7) is 6.67. The number of hydrogen-bond acceptors (Lipinski definition) is 3. The Morgan fingerprint density at radius 2 is 1.89 bits per heavy atom. The van der Waals surface area contributed by atoms with Crippen molar-refractivity contribution in [1.29, 1.82) is 0 Å². The Hall–Kier alpha value is -2.10. The summed E-state index contributed by atoms with van der Waals surface area (Å²) in [5.74, 6) is 0.454. The smallest absolute Gasteiger partial charge is 0.356 e. The molecule has 4 heteroatoms. The number of carbonyl (C=O) groups excluding carboxylic acids is 1. The summed E-state index contributed by atoms with van der Waals surface area (Å²) in [6, 6.07) is 6.19. The van der Waals surface area contributed by atoms with Gasteiger partial charge in [0, 0.05) is 0 Å². The van der Waals surface area contributed by atoms with E-state index in [1.807, 2.05) is 17.6 Å². The normalized spacial score (nSPS) is 10.5. The van der Waals surface area contributed by atoms with Gasteiger partial charge in [-0.15, -0.1) is 0 Å². The Kier molecular flexibility index (Phi) is 3.69. The topological polar surface area (TPSA) is 44.1 Å². The molecule has 0 radical (unpaired) electrons. The van der Waals surface area contributed by atoms with Gasteiger partial charge in [-0.25, -0.2) is 9.78 Å². The first-order chi connectivity index (χ1) is 9.04. The molecule has 0 saturated heterocycles. The fourth-order valence-electron chi connectivity index (χ4n) is 2.19. The van der Waals surface area contributed by atoms with Gasteiger partial charge in [0.25, 0.3) is 0 Å². The van der Waals surface area contributed by atoms with Crippen LogP contribution in [0.3, 0.4) is 0 Å². The molecule has 0 unspecified atom stereocenters. The van der Waals surface area contributed by atoms with Crippen molar-refractivity contribution in [3.63, 3.8) is 0 Å². The number of benzene rings is 1. The summed E-state index contributed by atoms with van der Waals surface area (Å²) in [5, 5.41) is 0. The van der Waals surface area contributed by atoms with E-state index in [1.54, 1.807) is 6.20 Å². The highest BCUT2D eigenvalue weighted by Crippen LogP contribution is 2.17. The Labute approximate surface area is 113 Å². The number of carbonyl (C=O) groups is 1. The van der Waals surface area contributed by atoms with Crippen LogP contribution in [0.25, 0.3) is 0 Å². The van der Waals surface area contributed by atoms with E-state index in [9.17, 15) is 4.79 Å². The Bertz CT molecular complexity index is 594. The zero-order valence-corrected chi connectivity index (χ0v) is 11.7. The number of esters is 1. The Morgan fingerprint density at radius 1 is 1.26 bits per heavy atom. The highest BCUT2D eigenvalue weighted by molar-refractivity contribution is 5.87. The van der Waals surface area contributed by atoms with Crippen LogP contribution >= 0.6 is 0 Å². The van der Waals surface area contributed by atoms with Crippen molar-refractivity contribution in [2.24, 2.45) is 0 Å². The third-order valence-electron chi connectivity index (χ3n) is 3.41. The van der Waals surface area contributed by atoms with Crippen molar-refractivity contribution in [3.8, 4) is 0 Å². The maximum atomic E-state index is 11.7. The monoisotopic (exact) mass is 258 g/mol.